The van der Waals surface area contributed by atoms with Crippen molar-refractivity contribution in [3.8, 4) is 0 Å². The molecule has 0 atom stereocenters. The molecule has 0 unspecified atom stereocenters. The summed E-state index contributed by atoms with van der Waals surface area (Å²) in [6.45, 7) is 5.41. The molecule has 0 spiro atoms. The largest absolute Gasteiger partial charge is 0.469 e. The van der Waals surface area contributed by atoms with Crippen molar-refractivity contribution in [3.63, 3.8) is 0 Å². The average molecular weight is 530 g/mol. The van der Waals surface area contributed by atoms with E-state index < -0.39 is 22.6 Å². The first-order valence-electron chi connectivity index (χ1n) is 12.5. The monoisotopic (exact) mass is 529 g/mol. The number of nitrogens with zero attached hydrogens (tertiary/aromatic N) is 1. The molecule has 0 aromatic heterocycles. The first-order chi connectivity index (χ1) is 17.6. The van der Waals surface area contributed by atoms with Crippen molar-refractivity contribution in [3.05, 3.63) is 63.9 Å². The number of rotatable bonds is 8. The predicted octanol–water partition coefficient (Wildman–Crippen LogP) is 4.50. The molecule has 2 aromatic carbocycles. The van der Waals surface area contributed by atoms with E-state index in [-0.39, 0.29) is 34.1 Å². The van der Waals surface area contributed by atoms with Crippen molar-refractivity contribution >= 4 is 35.1 Å². The fourth-order valence-corrected chi connectivity index (χ4v) is 5.75. The molecule has 1 heterocycles. The number of amides is 2. The second kappa shape index (κ2) is 10.4. The van der Waals surface area contributed by atoms with Crippen LogP contribution in [0.1, 0.15) is 60.5 Å². The summed E-state index contributed by atoms with van der Waals surface area (Å²) in [5.41, 5.74) is 0.562. The summed E-state index contributed by atoms with van der Waals surface area (Å²) in [6, 6.07) is 10.1. The standard InChI is InChI=1S/C28H33ClFN3O4/c1-17(2)18-8-5-6-9-20(18)28(15-33(16-28)14-27(10-7-11-27)26(36)37-4)25(35)32-23-13-22(30)21(29)12-19(23)24(34)31-3/h5-6,8-9,12-13,17H,7,10-11,14-16H2,1-4H3,(H,31,34)(H,32,35). The minimum absolute atomic E-state index is 0.0520. The van der Waals surface area contributed by atoms with Gasteiger partial charge in [0.2, 0.25) is 5.91 Å². The van der Waals surface area contributed by atoms with Crippen molar-refractivity contribution in [2.45, 2.75) is 44.4 Å². The molecule has 198 valence electrons. The van der Waals surface area contributed by atoms with E-state index in [9.17, 15) is 18.8 Å². The summed E-state index contributed by atoms with van der Waals surface area (Å²) < 4.78 is 19.5. The van der Waals surface area contributed by atoms with Gasteiger partial charge in [0.1, 0.15) is 5.82 Å². The van der Waals surface area contributed by atoms with Gasteiger partial charge >= 0.3 is 5.97 Å². The number of nitrogens with one attached hydrogen (secondary N) is 2. The van der Waals surface area contributed by atoms with Gasteiger partial charge in [-0.15, -0.1) is 0 Å². The lowest BCUT2D eigenvalue weighted by Gasteiger charge is -2.54. The van der Waals surface area contributed by atoms with Gasteiger partial charge in [0.05, 0.1) is 34.2 Å². The van der Waals surface area contributed by atoms with Crippen LogP contribution in [0.25, 0.3) is 0 Å². The highest BCUT2D eigenvalue weighted by Crippen LogP contribution is 2.47. The molecule has 2 aromatic rings. The zero-order valence-electron chi connectivity index (χ0n) is 21.6. The molecule has 1 aliphatic heterocycles. The number of ether oxygens (including phenoxy) is 1. The zero-order chi connectivity index (χ0) is 27.0. The minimum Gasteiger partial charge on any atom is -0.469 e. The summed E-state index contributed by atoms with van der Waals surface area (Å²) in [4.78, 5) is 41.1. The van der Waals surface area contributed by atoms with E-state index in [1.54, 1.807) is 0 Å². The lowest BCUT2D eigenvalue weighted by Crippen LogP contribution is -2.67. The number of benzene rings is 2. The van der Waals surface area contributed by atoms with E-state index in [4.69, 9.17) is 16.3 Å². The van der Waals surface area contributed by atoms with Crippen molar-refractivity contribution < 1.29 is 23.5 Å². The van der Waals surface area contributed by atoms with Crippen LogP contribution in [0.3, 0.4) is 0 Å². The number of anilines is 1. The zero-order valence-corrected chi connectivity index (χ0v) is 22.4. The molecule has 4 rings (SSSR count). The van der Waals surface area contributed by atoms with Crippen LogP contribution in [0.5, 0.6) is 0 Å². The summed E-state index contributed by atoms with van der Waals surface area (Å²) >= 11 is 5.93. The Bertz CT molecular complexity index is 1220. The van der Waals surface area contributed by atoms with E-state index >= 15 is 0 Å². The van der Waals surface area contributed by atoms with Gasteiger partial charge in [-0.25, -0.2) is 4.39 Å². The van der Waals surface area contributed by atoms with Crippen LogP contribution >= 0.6 is 11.6 Å². The lowest BCUT2D eigenvalue weighted by molar-refractivity contribution is -0.162. The van der Waals surface area contributed by atoms with Gasteiger partial charge in [0.25, 0.3) is 5.91 Å². The molecule has 1 saturated heterocycles. The quantitative estimate of drug-likeness (QED) is 0.492. The highest BCUT2D eigenvalue weighted by Gasteiger charge is 2.55. The van der Waals surface area contributed by atoms with Crippen molar-refractivity contribution in [1.82, 2.24) is 10.2 Å². The third kappa shape index (κ3) is 4.84. The maximum absolute atomic E-state index is 14.4. The van der Waals surface area contributed by atoms with E-state index in [1.165, 1.54) is 20.2 Å². The molecule has 2 N–H and O–H groups in total. The fourth-order valence-electron chi connectivity index (χ4n) is 5.59. The van der Waals surface area contributed by atoms with E-state index in [1.807, 2.05) is 24.3 Å². The summed E-state index contributed by atoms with van der Waals surface area (Å²) in [6.07, 6.45) is 2.49. The third-order valence-electron chi connectivity index (χ3n) is 7.76. The van der Waals surface area contributed by atoms with E-state index in [0.29, 0.717) is 19.6 Å². The number of hydrogen-bond donors (Lipinski definition) is 2. The van der Waals surface area contributed by atoms with Gasteiger partial charge in [-0.05, 0) is 42.0 Å². The molecule has 0 bridgehead atoms. The molecule has 9 heteroatoms. The molecule has 7 nitrogen and oxygen atoms in total. The Morgan fingerprint density at radius 2 is 1.84 bits per heavy atom. The number of likely N-dealkylation sites (tertiary alicyclic amines) is 1. The van der Waals surface area contributed by atoms with Crippen molar-refractivity contribution in [2.75, 3.05) is 39.1 Å². The van der Waals surface area contributed by atoms with Gasteiger partial charge in [0, 0.05) is 26.7 Å². The first-order valence-corrected chi connectivity index (χ1v) is 12.9. The number of methoxy groups -OCH3 is 1. The Kier molecular flexibility index (Phi) is 7.62. The van der Waals surface area contributed by atoms with Gasteiger partial charge in [-0.3, -0.25) is 19.3 Å². The Morgan fingerprint density at radius 1 is 1.16 bits per heavy atom. The molecule has 0 radical (unpaired) electrons. The number of hydrogen-bond acceptors (Lipinski definition) is 5. The normalized spacial score (nSPS) is 17.9. The van der Waals surface area contributed by atoms with Gasteiger partial charge in [-0.1, -0.05) is 56.1 Å². The summed E-state index contributed by atoms with van der Waals surface area (Å²) in [5.74, 6) is -1.62. The molecule has 1 saturated carbocycles. The molecule has 2 amide bonds. The highest BCUT2D eigenvalue weighted by atomic mass is 35.5. The average Bonchev–Trinajstić information content (AvgIpc) is 2.83. The maximum atomic E-state index is 14.4. The van der Waals surface area contributed by atoms with Crippen LogP contribution in [0.2, 0.25) is 5.02 Å². The number of carbonyl (C=O) groups is 3. The van der Waals surface area contributed by atoms with E-state index in [0.717, 1.165) is 36.5 Å². The first kappa shape index (κ1) is 27.1. The van der Waals surface area contributed by atoms with Crippen LogP contribution < -0.4 is 10.6 Å². The van der Waals surface area contributed by atoms with Crippen LogP contribution in [0.15, 0.2) is 36.4 Å². The van der Waals surface area contributed by atoms with Gasteiger partial charge in [0.15, 0.2) is 0 Å². The van der Waals surface area contributed by atoms with Gasteiger partial charge < -0.3 is 15.4 Å². The molecule has 1 aliphatic carbocycles. The smallest absolute Gasteiger partial charge is 0.313 e. The molecule has 2 fully saturated rings. The fraction of sp³-hybridized carbons (Fsp3) is 0.464. The summed E-state index contributed by atoms with van der Waals surface area (Å²) in [5, 5.41) is 5.12. The Labute approximate surface area is 221 Å². The Morgan fingerprint density at radius 3 is 2.41 bits per heavy atom. The van der Waals surface area contributed by atoms with Crippen LogP contribution in [-0.4, -0.2) is 56.5 Å². The Hall–Kier alpha value is -2.97. The molecule has 37 heavy (non-hydrogen) atoms. The molecular formula is C28H33ClFN3O4. The number of esters is 1. The van der Waals surface area contributed by atoms with Crippen LogP contribution in [0, 0.1) is 11.2 Å². The van der Waals surface area contributed by atoms with Gasteiger partial charge in [-0.2, -0.15) is 0 Å². The lowest BCUT2D eigenvalue weighted by atomic mass is 9.65. The minimum atomic E-state index is -0.946. The second-order valence-corrected chi connectivity index (χ2v) is 10.8. The summed E-state index contributed by atoms with van der Waals surface area (Å²) in [7, 11) is 2.86. The Balaban J connectivity index is 1.69. The molecule has 2 aliphatic rings. The second-order valence-electron chi connectivity index (χ2n) is 10.4. The molecular weight excluding hydrogens is 497 g/mol. The van der Waals surface area contributed by atoms with Crippen molar-refractivity contribution in [1.29, 1.82) is 0 Å². The predicted molar refractivity (Wildman–Crippen MR) is 140 cm³/mol. The van der Waals surface area contributed by atoms with Crippen LogP contribution in [0.4, 0.5) is 10.1 Å². The maximum Gasteiger partial charge on any atom is 0.313 e. The van der Waals surface area contributed by atoms with Crippen molar-refractivity contribution in [2.24, 2.45) is 5.41 Å². The third-order valence-corrected chi connectivity index (χ3v) is 8.05. The number of carbonyl (C=O) groups excluding carboxylic acids is 3. The topological polar surface area (TPSA) is 87.7 Å². The van der Waals surface area contributed by atoms with E-state index in [2.05, 4.69) is 29.4 Å². The van der Waals surface area contributed by atoms with Crippen LogP contribution in [-0.2, 0) is 19.7 Å². The SMILES string of the molecule is CNC(=O)c1cc(Cl)c(F)cc1NC(=O)C1(c2ccccc2C(C)C)CN(CC2(C(=O)OC)CCC2)C1. The highest BCUT2D eigenvalue weighted by molar-refractivity contribution is 6.31. The number of halogens is 2.